The van der Waals surface area contributed by atoms with Gasteiger partial charge < -0.3 is 19.2 Å². The first-order valence-electron chi connectivity index (χ1n) is 8.32. The number of ether oxygens (including phenoxy) is 2. The Kier molecular flexibility index (Phi) is 6.32. The van der Waals surface area contributed by atoms with E-state index in [1.807, 2.05) is 43.3 Å². The normalized spacial score (nSPS) is 10.4. The molecule has 140 valence electrons. The van der Waals surface area contributed by atoms with Crippen molar-refractivity contribution in [2.75, 3.05) is 24.8 Å². The first-order valence-corrected chi connectivity index (χ1v) is 9.31. The van der Waals surface area contributed by atoms with E-state index in [2.05, 4.69) is 15.5 Å². The van der Waals surface area contributed by atoms with Crippen molar-refractivity contribution >= 4 is 23.4 Å². The van der Waals surface area contributed by atoms with Gasteiger partial charge >= 0.3 is 0 Å². The predicted octanol–water partition coefficient (Wildman–Crippen LogP) is 3.87. The SMILES string of the molecule is CCOc1ccccc1-c1nnc(SCC(=O)Nc2ccccc2OC)o1. The van der Waals surface area contributed by atoms with Crippen LogP contribution in [0.5, 0.6) is 11.5 Å². The van der Waals surface area contributed by atoms with Gasteiger partial charge in [-0.15, -0.1) is 10.2 Å². The van der Waals surface area contributed by atoms with Gasteiger partial charge in [0.25, 0.3) is 11.1 Å². The molecule has 0 fully saturated rings. The molecule has 0 saturated heterocycles. The van der Waals surface area contributed by atoms with Crippen LogP contribution in [0.1, 0.15) is 6.92 Å². The van der Waals surface area contributed by atoms with Crippen molar-refractivity contribution in [3.8, 4) is 23.0 Å². The number of amides is 1. The first-order chi connectivity index (χ1) is 13.2. The molecule has 1 heterocycles. The van der Waals surface area contributed by atoms with E-state index in [1.165, 1.54) is 0 Å². The molecule has 0 unspecified atom stereocenters. The van der Waals surface area contributed by atoms with Gasteiger partial charge in [0.1, 0.15) is 11.5 Å². The first kappa shape index (κ1) is 18.8. The van der Waals surface area contributed by atoms with Crippen LogP contribution in [0.2, 0.25) is 0 Å². The highest BCUT2D eigenvalue weighted by Crippen LogP contribution is 2.31. The highest BCUT2D eigenvalue weighted by atomic mass is 32.2. The number of nitrogens with one attached hydrogen (secondary N) is 1. The number of hydrogen-bond donors (Lipinski definition) is 1. The molecule has 27 heavy (non-hydrogen) atoms. The summed E-state index contributed by atoms with van der Waals surface area (Å²) in [5.74, 6) is 1.57. The van der Waals surface area contributed by atoms with Crippen molar-refractivity contribution in [1.82, 2.24) is 10.2 Å². The molecule has 7 nitrogen and oxygen atoms in total. The van der Waals surface area contributed by atoms with E-state index in [4.69, 9.17) is 13.9 Å². The maximum atomic E-state index is 12.2. The van der Waals surface area contributed by atoms with Gasteiger partial charge in [-0.1, -0.05) is 36.0 Å². The van der Waals surface area contributed by atoms with Crippen LogP contribution in [-0.4, -0.2) is 35.6 Å². The van der Waals surface area contributed by atoms with E-state index < -0.39 is 0 Å². The molecule has 3 aromatic rings. The molecule has 1 amide bonds. The number of carbonyl (C=O) groups excluding carboxylic acids is 1. The summed E-state index contributed by atoms with van der Waals surface area (Å²) in [5.41, 5.74) is 1.33. The summed E-state index contributed by atoms with van der Waals surface area (Å²) in [5, 5.41) is 11.2. The Hall–Kier alpha value is -3.00. The standard InChI is InChI=1S/C19H19N3O4S/c1-3-25-15-10-6-4-8-13(15)18-21-22-19(26-18)27-12-17(23)20-14-9-5-7-11-16(14)24-2/h4-11H,3,12H2,1-2H3,(H,20,23). The molecule has 0 atom stereocenters. The fourth-order valence-corrected chi connectivity index (χ4v) is 2.93. The second kappa shape index (κ2) is 9.09. The summed E-state index contributed by atoms with van der Waals surface area (Å²) in [6.07, 6.45) is 0. The van der Waals surface area contributed by atoms with Crippen LogP contribution < -0.4 is 14.8 Å². The Morgan fingerprint density at radius 3 is 2.63 bits per heavy atom. The fourth-order valence-electron chi connectivity index (χ4n) is 2.36. The summed E-state index contributed by atoms with van der Waals surface area (Å²) < 4.78 is 16.5. The van der Waals surface area contributed by atoms with Crippen molar-refractivity contribution in [1.29, 1.82) is 0 Å². The van der Waals surface area contributed by atoms with Gasteiger partial charge in [0.15, 0.2) is 0 Å². The lowest BCUT2D eigenvalue weighted by Gasteiger charge is -2.08. The van der Waals surface area contributed by atoms with Crippen LogP contribution >= 0.6 is 11.8 Å². The summed E-state index contributed by atoms with van der Waals surface area (Å²) in [6, 6.07) is 14.7. The lowest BCUT2D eigenvalue weighted by molar-refractivity contribution is -0.113. The Balaban J connectivity index is 1.62. The third-order valence-electron chi connectivity index (χ3n) is 3.53. The molecule has 0 aliphatic carbocycles. The summed E-state index contributed by atoms with van der Waals surface area (Å²) >= 11 is 1.16. The van der Waals surface area contributed by atoms with E-state index in [0.717, 1.165) is 17.3 Å². The van der Waals surface area contributed by atoms with Gasteiger partial charge in [0, 0.05) is 0 Å². The Morgan fingerprint density at radius 2 is 1.85 bits per heavy atom. The molecule has 0 spiro atoms. The minimum atomic E-state index is -0.195. The zero-order valence-electron chi connectivity index (χ0n) is 15.0. The largest absolute Gasteiger partial charge is 0.495 e. The molecule has 0 saturated carbocycles. The molecule has 0 radical (unpaired) electrons. The quantitative estimate of drug-likeness (QED) is 0.589. The lowest BCUT2D eigenvalue weighted by atomic mass is 10.2. The van der Waals surface area contributed by atoms with Crippen molar-refractivity contribution in [3.05, 3.63) is 48.5 Å². The number of hydrogen-bond acceptors (Lipinski definition) is 7. The number of benzene rings is 2. The molecule has 0 bridgehead atoms. The van der Waals surface area contributed by atoms with E-state index in [9.17, 15) is 4.79 Å². The van der Waals surface area contributed by atoms with E-state index in [0.29, 0.717) is 34.9 Å². The van der Waals surface area contributed by atoms with E-state index >= 15 is 0 Å². The van der Waals surface area contributed by atoms with Gasteiger partial charge in [-0.3, -0.25) is 4.79 Å². The number of anilines is 1. The van der Waals surface area contributed by atoms with Crippen LogP contribution in [-0.2, 0) is 4.79 Å². The zero-order valence-corrected chi connectivity index (χ0v) is 15.8. The molecule has 1 N–H and O–H groups in total. The summed E-state index contributed by atoms with van der Waals surface area (Å²) in [7, 11) is 1.56. The van der Waals surface area contributed by atoms with Crippen LogP contribution in [0.3, 0.4) is 0 Å². The van der Waals surface area contributed by atoms with Gasteiger partial charge in [-0.2, -0.15) is 0 Å². The molecule has 2 aromatic carbocycles. The van der Waals surface area contributed by atoms with Gasteiger partial charge in [-0.25, -0.2) is 0 Å². The van der Waals surface area contributed by atoms with Crippen molar-refractivity contribution < 1.29 is 18.7 Å². The molecule has 0 aliphatic heterocycles. The topological polar surface area (TPSA) is 86.5 Å². The number of para-hydroxylation sites is 3. The molecular weight excluding hydrogens is 366 g/mol. The maximum absolute atomic E-state index is 12.2. The van der Waals surface area contributed by atoms with Gasteiger partial charge in [0.05, 0.1) is 30.7 Å². The van der Waals surface area contributed by atoms with Crippen molar-refractivity contribution in [2.24, 2.45) is 0 Å². The number of thioether (sulfide) groups is 1. The maximum Gasteiger partial charge on any atom is 0.277 e. The molecule has 1 aromatic heterocycles. The van der Waals surface area contributed by atoms with Gasteiger partial charge in [-0.05, 0) is 31.2 Å². The minimum absolute atomic E-state index is 0.132. The number of carbonyl (C=O) groups is 1. The van der Waals surface area contributed by atoms with E-state index in [-0.39, 0.29) is 11.7 Å². The van der Waals surface area contributed by atoms with E-state index in [1.54, 1.807) is 19.2 Å². The monoisotopic (exact) mass is 385 g/mol. The molecule has 8 heteroatoms. The molecule has 3 rings (SSSR count). The smallest absolute Gasteiger partial charge is 0.277 e. The molecule has 0 aliphatic rings. The van der Waals surface area contributed by atoms with Crippen LogP contribution in [0, 0.1) is 0 Å². The highest BCUT2D eigenvalue weighted by Gasteiger charge is 2.15. The van der Waals surface area contributed by atoms with Crippen LogP contribution in [0.25, 0.3) is 11.5 Å². The summed E-state index contributed by atoms with van der Waals surface area (Å²) in [4.78, 5) is 12.2. The Bertz CT molecular complexity index is 913. The van der Waals surface area contributed by atoms with Crippen molar-refractivity contribution in [3.63, 3.8) is 0 Å². The number of aromatic nitrogens is 2. The van der Waals surface area contributed by atoms with Crippen LogP contribution in [0.15, 0.2) is 58.2 Å². The van der Waals surface area contributed by atoms with Crippen LogP contribution in [0.4, 0.5) is 5.69 Å². The molecular formula is C19H19N3O4S. The van der Waals surface area contributed by atoms with Crippen molar-refractivity contribution in [2.45, 2.75) is 12.1 Å². The minimum Gasteiger partial charge on any atom is -0.495 e. The Labute approximate surface area is 161 Å². The highest BCUT2D eigenvalue weighted by molar-refractivity contribution is 7.99. The fraction of sp³-hybridized carbons (Fsp3) is 0.211. The number of rotatable bonds is 8. The average Bonchev–Trinajstić information content (AvgIpc) is 3.16. The lowest BCUT2D eigenvalue weighted by Crippen LogP contribution is -2.14. The second-order valence-corrected chi connectivity index (χ2v) is 6.27. The Morgan fingerprint density at radius 1 is 1.11 bits per heavy atom. The summed E-state index contributed by atoms with van der Waals surface area (Å²) in [6.45, 7) is 2.45. The number of nitrogens with zero attached hydrogens (tertiary/aromatic N) is 2. The third kappa shape index (κ3) is 4.79. The average molecular weight is 385 g/mol. The third-order valence-corrected chi connectivity index (χ3v) is 4.35. The second-order valence-electron chi connectivity index (χ2n) is 5.34. The zero-order chi connectivity index (χ0) is 19.1. The number of methoxy groups -OCH3 is 1. The predicted molar refractivity (Wildman–Crippen MR) is 103 cm³/mol. The van der Waals surface area contributed by atoms with Gasteiger partial charge in [0.2, 0.25) is 5.91 Å².